The second-order valence-corrected chi connectivity index (χ2v) is 6.28. The van der Waals surface area contributed by atoms with Crippen molar-refractivity contribution in [1.82, 2.24) is 4.98 Å². The molecule has 2 aromatic carbocycles. The first kappa shape index (κ1) is 18.6. The minimum absolute atomic E-state index is 0.269. The third-order valence-corrected chi connectivity index (χ3v) is 4.49. The first-order chi connectivity index (χ1) is 14.2. The number of ether oxygens (including phenoxy) is 4. The van der Waals surface area contributed by atoms with Crippen LogP contribution in [0.4, 0.5) is 5.69 Å². The van der Waals surface area contributed by atoms with Gasteiger partial charge >= 0.3 is 0 Å². The van der Waals surface area contributed by atoms with Crippen LogP contribution in [0.1, 0.15) is 5.56 Å². The standard InChI is InChI=1S/C22H20N2O5/c1-26-17-7-6-16(15-4-3-9-23-21(15)17)24-20(25)8-5-14-12-18(27-2)22-19(13-14)28-10-11-29-22/h3-9,12-13H,10-11H2,1-2H3,(H,24,25). The molecule has 0 atom stereocenters. The van der Waals surface area contributed by atoms with Crippen molar-refractivity contribution in [2.45, 2.75) is 0 Å². The van der Waals surface area contributed by atoms with Gasteiger partial charge in [-0.05, 0) is 48.0 Å². The van der Waals surface area contributed by atoms with Gasteiger partial charge in [0.2, 0.25) is 11.7 Å². The van der Waals surface area contributed by atoms with Gasteiger partial charge in [-0.3, -0.25) is 9.78 Å². The van der Waals surface area contributed by atoms with Crippen LogP contribution in [0.25, 0.3) is 17.0 Å². The van der Waals surface area contributed by atoms with Crippen LogP contribution < -0.4 is 24.3 Å². The normalized spacial score (nSPS) is 12.8. The molecule has 0 spiro atoms. The van der Waals surface area contributed by atoms with Crippen LogP contribution in [0, 0.1) is 0 Å². The average molecular weight is 392 g/mol. The highest BCUT2D eigenvalue weighted by atomic mass is 16.6. The highest BCUT2D eigenvalue weighted by molar-refractivity contribution is 6.07. The number of hydrogen-bond donors (Lipinski definition) is 1. The molecule has 148 valence electrons. The number of fused-ring (bicyclic) bond motifs is 2. The number of anilines is 1. The van der Waals surface area contributed by atoms with Crippen molar-refractivity contribution in [2.75, 3.05) is 32.8 Å². The number of amides is 1. The number of nitrogens with one attached hydrogen (secondary N) is 1. The monoisotopic (exact) mass is 392 g/mol. The summed E-state index contributed by atoms with van der Waals surface area (Å²) in [5.41, 5.74) is 2.11. The second-order valence-electron chi connectivity index (χ2n) is 6.28. The van der Waals surface area contributed by atoms with Gasteiger partial charge in [0.15, 0.2) is 11.5 Å². The number of pyridine rings is 1. The minimum Gasteiger partial charge on any atom is -0.494 e. The van der Waals surface area contributed by atoms with E-state index in [-0.39, 0.29) is 5.91 Å². The molecule has 1 N–H and O–H groups in total. The van der Waals surface area contributed by atoms with Crippen LogP contribution in [-0.2, 0) is 4.79 Å². The number of carbonyl (C=O) groups is 1. The van der Waals surface area contributed by atoms with Gasteiger partial charge in [0.1, 0.15) is 24.5 Å². The van der Waals surface area contributed by atoms with Crippen molar-refractivity contribution in [3.05, 3.63) is 54.2 Å². The highest BCUT2D eigenvalue weighted by Crippen LogP contribution is 2.40. The molecule has 1 aliphatic rings. The Morgan fingerprint density at radius 1 is 1.10 bits per heavy atom. The van der Waals surface area contributed by atoms with Crippen molar-refractivity contribution < 1.29 is 23.7 Å². The molecule has 4 rings (SSSR count). The summed E-state index contributed by atoms with van der Waals surface area (Å²) in [7, 11) is 3.16. The van der Waals surface area contributed by atoms with Gasteiger partial charge in [-0.2, -0.15) is 0 Å². The van der Waals surface area contributed by atoms with E-state index in [9.17, 15) is 4.79 Å². The maximum Gasteiger partial charge on any atom is 0.248 e. The number of benzene rings is 2. The summed E-state index contributed by atoms with van der Waals surface area (Å²) < 4.78 is 21.9. The van der Waals surface area contributed by atoms with Gasteiger partial charge in [-0.1, -0.05) is 0 Å². The summed E-state index contributed by atoms with van der Waals surface area (Å²) in [6.07, 6.45) is 4.84. The molecule has 7 heteroatoms. The molecule has 0 bridgehead atoms. The van der Waals surface area contributed by atoms with Gasteiger partial charge in [0.25, 0.3) is 0 Å². The molecular formula is C22H20N2O5. The fourth-order valence-corrected chi connectivity index (χ4v) is 3.16. The lowest BCUT2D eigenvalue weighted by Gasteiger charge is -2.20. The van der Waals surface area contributed by atoms with Crippen molar-refractivity contribution in [1.29, 1.82) is 0 Å². The van der Waals surface area contributed by atoms with Gasteiger partial charge < -0.3 is 24.3 Å². The van der Waals surface area contributed by atoms with Crippen LogP contribution in [0.2, 0.25) is 0 Å². The molecule has 1 aromatic heterocycles. The van der Waals surface area contributed by atoms with Crippen LogP contribution in [0.5, 0.6) is 23.0 Å². The lowest BCUT2D eigenvalue weighted by atomic mass is 10.1. The first-order valence-electron chi connectivity index (χ1n) is 9.08. The molecule has 0 saturated heterocycles. The Morgan fingerprint density at radius 3 is 2.76 bits per heavy atom. The van der Waals surface area contributed by atoms with E-state index in [1.807, 2.05) is 18.2 Å². The van der Waals surface area contributed by atoms with Crippen molar-refractivity contribution in [3.63, 3.8) is 0 Å². The minimum atomic E-state index is -0.269. The lowest BCUT2D eigenvalue weighted by molar-refractivity contribution is -0.111. The zero-order valence-corrected chi connectivity index (χ0v) is 16.1. The summed E-state index contributed by atoms with van der Waals surface area (Å²) in [5, 5.41) is 3.69. The molecule has 29 heavy (non-hydrogen) atoms. The van der Waals surface area contributed by atoms with E-state index in [1.165, 1.54) is 6.08 Å². The number of hydrogen-bond acceptors (Lipinski definition) is 6. The number of methoxy groups -OCH3 is 2. The zero-order valence-electron chi connectivity index (χ0n) is 16.1. The molecule has 2 heterocycles. The van der Waals surface area contributed by atoms with E-state index in [2.05, 4.69) is 10.3 Å². The van der Waals surface area contributed by atoms with Crippen LogP contribution >= 0.6 is 0 Å². The van der Waals surface area contributed by atoms with E-state index in [0.29, 0.717) is 47.4 Å². The predicted molar refractivity (Wildman–Crippen MR) is 110 cm³/mol. The summed E-state index contributed by atoms with van der Waals surface area (Å²) in [6.45, 7) is 0.952. The van der Waals surface area contributed by atoms with Gasteiger partial charge in [0, 0.05) is 17.7 Å². The topological polar surface area (TPSA) is 78.9 Å². The smallest absolute Gasteiger partial charge is 0.248 e. The Kier molecular flexibility index (Phi) is 5.20. The SMILES string of the molecule is COc1cc(C=CC(=O)Nc2ccc(OC)c3ncccc23)cc2c1OCCO2. The van der Waals surface area contributed by atoms with E-state index in [1.54, 1.807) is 44.7 Å². The number of carbonyl (C=O) groups excluding carboxylic acids is 1. The molecule has 0 aliphatic carbocycles. The number of rotatable bonds is 5. The third kappa shape index (κ3) is 3.80. The maximum atomic E-state index is 12.5. The van der Waals surface area contributed by atoms with E-state index in [0.717, 1.165) is 10.9 Å². The quantitative estimate of drug-likeness (QED) is 0.668. The molecule has 0 unspecified atom stereocenters. The van der Waals surface area contributed by atoms with Crippen LogP contribution in [-0.4, -0.2) is 38.3 Å². The van der Waals surface area contributed by atoms with Crippen LogP contribution in [0.3, 0.4) is 0 Å². The molecule has 7 nitrogen and oxygen atoms in total. The molecule has 1 aliphatic heterocycles. The molecule has 3 aromatic rings. The summed E-state index contributed by atoms with van der Waals surface area (Å²) in [6, 6.07) is 10.9. The first-order valence-corrected chi connectivity index (χ1v) is 9.08. The van der Waals surface area contributed by atoms with Gasteiger partial charge in [-0.25, -0.2) is 0 Å². The Balaban J connectivity index is 1.56. The fraction of sp³-hybridized carbons (Fsp3) is 0.182. The lowest BCUT2D eigenvalue weighted by Crippen LogP contribution is -2.16. The Labute approximate surface area is 167 Å². The Hall–Kier alpha value is -3.74. The third-order valence-electron chi connectivity index (χ3n) is 4.49. The van der Waals surface area contributed by atoms with E-state index < -0.39 is 0 Å². The highest BCUT2D eigenvalue weighted by Gasteiger charge is 2.18. The van der Waals surface area contributed by atoms with Crippen LogP contribution in [0.15, 0.2) is 48.7 Å². The molecule has 0 fully saturated rings. The molecule has 1 amide bonds. The van der Waals surface area contributed by atoms with Crippen molar-refractivity contribution in [3.8, 4) is 23.0 Å². The Morgan fingerprint density at radius 2 is 1.93 bits per heavy atom. The number of aromatic nitrogens is 1. The summed E-state index contributed by atoms with van der Waals surface area (Å²) >= 11 is 0. The van der Waals surface area contributed by atoms with E-state index in [4.69, 9.17) is 18.9 Å². The Bertz CT molecular complexity index is 1080. The zero-order chi connectivity index (χ0) is 20.2. The van der Waals surface area contributed by atoms with Gasteiger partial charge in [0.05, 0.1) is 19.9 Å². The second kappa shape index (κ2) is 8.10. The van der Waals surface area contributed by atoms with Crippen molar-refractivity contribution in [2.24, 2.45) is 0 Å². The van der Waals surface area contributed by atoms with E-state index >= 15 is 0 Å². The molecular weight excluding hydrogens is 372 g/mol. The average Bonchev–Trinajstić information content (AvgIpc) is 2.77. The summed E-state index contributed by atoms with van der Waals surface area (Å²) in [5.74, 6) is 2.13. The number of nitrogens with zero attached hydrogens (tertiary/aromatic N) is 1. The van der Waals surface area contributed by atoms with Crippen molar-refractivity contribution >= 4 is 28.6 Å². The summed E-state index contributed by atoms with van der Waals surface area (Å²) in [4.78, 5) is 16.8. The largest absolute Gasteiger partial charge is 0.494 e. The predicted octanol–water partition coefficient (Wildman–Crippen LogP) is 3.68. The van der Waals surface area contributed by atoms with Gasteiger partial charge in [-0.15, -0.1) is 0 Å². The maximum absolute atomic E-state index is 12.5. The fourth-order valence-electron chi connectivity index (χ4n) is 3.16. The molecule has 0 saturated carbocycles. The molecule has 0 radical (unpaired) electrons.